The second kappa shape index (κ2) is 4.46. The molecule has 0 atom stereocenters. The van der Waals surface area contributed by atoms with Crippen LogP contribution in [0.1, 0.15) is 25.1 Å². The summed E-state index contributed by atoms with van der Waals surface area (Å²) in [5, 5.41) is 4.30. The molecule has 0 aliphatic carbocycles. The molecule has 0 unspecified atom stereocenters. The first kappa shape index (κ1) is 11.0. The van der Waals surface area contributed by atoms with Crippen molar-refractivity contribution < 1.29 is 0 Å². The lowest BCUT2D eigenvalue weighted by atomic mass is 10.2. The second-order valence-corrected chi connectivity index (χ2v) is 3.53. The Morgan fingerprint density at radius 3 is 2.29 bits per heavy atom. The SMILES string of the molecule is CCN(CC)Cc1c(C)nn(C)c1N. The summed E-state index contributed by atoms with van der Waals surface area (Å²) in [6.45, 7) is 9.32. The zero-order chi connectivity index (χ0) is 10.7. The smallest absolute Gasteiger partial charge is 0.126 e. The summed E-state index contributed by atoms with van der Waals surface area (Å²) in [6, 6.07) is 0. The van der Waals surface area contributed by atoms with Gasteiger partial charge in [0.05, 0.1) is 5.69 Å². The summed E-state index contributed by atoms with van der Waals surface area (Å²) in [5.74, 6) is 0.786. The van der Waals surface area contributed by atoms with E-state index in [0.717, 1.165) is 36.7 Å². The maximum absolute atomic E-state index is 5.93. The van der Waals surface area contributed by atoms with E-state index in [2.05, 4.69) is 23.8 Å². The van der Waals surface area contributed by atoms with Gasteiger partial charge >= 0.3 is 0 Å². The lowest BCUT2D eigenvalue weighted by molar-refractivity contribution is 0.296. The Kier molecular flexibility index (Phi) is 3.52. The number of aromatic nitrogens is 2. The van der Waals surface area contributed by atoms with Gasteiger partial charge in [-0.25, -0.2) is 0 Å². The van der Waals surface area contributed by atoms with Gasteiger partial charge in [0.1, 0.15) is 5.82 Å². The maximum atomic E-state index is 5.93. The van der Waals surface area contributed by atoms with E-state index in [9.17, 15) is 0 Å². The molecule has 4 heteroatoms. The van der Waals surface area contributed by atoms with Crippen LogP contribution in [0.5, 0.6) is 0 Å². The van der Waals surface area contributed by atoms with E-state index >= 15 is 0 Å². The van der Waals surface area contributed by atoms with Crippen LogP contribution in [0.2, 0.25) is 0 Å². The van der Waals surface area contributed by atoms with Gasteiger partial charge in [-0.05, 0) is 20.0 Å². The minimum atomic E-state index is 0.786. The first-order valence-corrected chi connectivity index (χ1v) is 5.10. The Bertz CT molecular complexity index is 299. The highest BCUT2D eigenvalue weighted by Gasteiger charge is 2.12. The molecule has 0 radical (unpaired) electrons. The average Bonchev–Trinajstić information content (AvgIpc) is 2.40. The molecule has 0 aliphatic heterocycles. The molecule has 14 heavy (non-hydrogen) atoms. The van der Waals surface area contributed by atoms with Crippen molar-refractivity contribution in [3.63, 3.8) is 0 Å². The fourth-order valence-electron chi connectivity index (χ4n) is 1.59. The first-order chi connectivity index (χ1) is 6.60. The molecule has 0 bridgehead atoms. The van der Waals surface area contributed by atoms with Crippen molar-refractivity contribution in [2.75, 3.05) is 18.8 Å². The molecule has 0 aliphatic rings. The zero-order valence-electron chi connectivity index (χ0n) is 9.54. The van der Waals surface area contributed by atoms with E-state index in [1.54, 1.807) is 4.68 Å². The topological polar surface area (TPSA) is 47.1 Å². The number of anilines is 1. The molecular weight excluding hydrogens is 176 g/mol. The molecule has 0 fully saturated rings. The van der Waals surface area contributed by atoms with Gasteiger partial charge in [0.25, 0.3) is 0 Å². The zero-order valence-corrected chi connectivity index (χ0v) is 9.54. The summed E-state index contributed by atoms with van der Waals surface area (Å²) < 4.78 is 1.74. The quantitative estimate of drug-likeness (QED) is 0.786. The molecule has 4 nitrogen and oxygen atoms in total. The fraction of sp³-hybridized carbons (Fsp3) is 0.700. The minimum Gasteiger partial charge on any atom is -0.384 e. The average molecular weight is 196 g/mol. The summed E-state index contributed by atoms with van der Waals surface area (Å²) in [7, 11) is 1.88. The summed E-state index contributed by atoms with van der Waals surface area (Å²) in [6.07, 6.45) is 0. The van der Waals surface area contributed by atoms with Gasteiger partial charge in [0, 0.05) is 19.2 Å². The van der Waals surface area contributed by atoms with Gasteiger partial charge < -0.3 is 5.73 Å². The summed E-state index contributed by atoms with van der Waals surface area (Å²) in [4.78, 5) is 2.33. The summed E-state index contributed by atoms with van der Waals surface area (Å²) in [5.41, 5.74) is 8.14. The van der Waals surface area contributed by atoms with Crippen molar-refractivity contribution in [1.29, 1.82) is 0 Å². The number of nitrogens with zero attached hydrogens (tertiary/aromatic N) is 3. The van der Waals surface area contributed by atoms with Crippen LogP contribution in [-0.4, -0.2) is 27.8 Å². The molecule has 2 N–H and O–H groups in total. The van der Waals surface area contributed by atoms with Gasteiger partial charge in [-0.15, -0.1) is 0 Å². The number of rotatable bonds is 4. The highest BCUT2D eigenvalue weighted by molar-refractivity contribution is 5.42. The third-order valence-electron chi connectivity index (χ3n) is 2.67. The van der Waals surface area contributed by atoms with E-state index in [4.69, 9.17) is 5.73 Å². The molecule has 1 aromatic rings. The number of aryl methyl sites for hydroxylation is 2. The van der Waals surface area contributed by atoms with Crippen LogP contribution in [-0.2, 0) is 13.6 Å². The van der Waals surface area contributed by atoms with Crippen LogP contribution in [0.4, 0.5) is 5.82 Å². The lowest BCUT2D eigenvalue weighted by Crippen LogP contribution is -2.22. The number of nitrogens with two attached hydrogens (primary N) is 1. The molecule has 1 heterocycles. The van der Waals surface area contributed by atoms with Crippen molar-refractivity contribution in [1.82, 2.24) is 14.7 Å². The summed E-state index contributed by atoms with van der Waals surface area (Å²) >= 11 is 0. The third-order valence-corrected chi connectivity index (χ3v) is 2.67. The third kappa shape index (κ3) is 2.07. The monoisotopic (exact) mass is 196 g/mol. The first-order valence-electron chi connectivity index (χ1n) is 5.10. The molecule has 0 amide bonds. The van der Waals surface area contributed by atoms with Gasteiger partial charge in [-0.3, -0.25) is 9.58 Å². The fourth-order valence-corrected chi connectivity index (χ4v) is 1.59. The van der Waals surface area contributed by atoms with Gasteiger partial charge in [-0.1, -0.05) is 13.8 Å². The van der Waals surface area contributed by atoms with Gasteiger partial charge in [-0.2, -0.15) is 5.10 Å². The van der Waals surface area contributed by atoms with E-state index in [1.807, 2.05) is 14.0 Å². The van der Waals surface area contributed by atoms with Gasteiger partial charge in [0.2, 0.25) is 0 Å². The largest absolute Gasteiger partial charge is 0.384 e. The molecule has 0 spiro atoms. The van der Waals surface area contributed by atoms with Crippen LogP contribution in [0.3, 0.4) is 0 Å². The number of hydrogen-bond acceptors (Lipinski definition) is 3. The Morgan fingerprint density at radius 1 is 1.36 bits per heavy atom. The molecule has 1 rings (SSSR count). The highest BCUT2D eigenvalue weighted by Crippen LogP contribution is 2.16. The van der Waals surface area contributed by atoms with Gasteiger partial charge in [0.15, 0.2) is 0 Å². The predicted molar refractivity (Wildman–Crippen MR) is 59.0 cm³/mol. The van der Waals surface area contributed by atoms with Crippen LogP contribution >= 0.6 is 0 Å². The highest BCUT2D eigenvalue weighted by atomic mass is 15.3. The molecule has 80 valence electrons. The number of nitrogen functional groups attached to an aromatic ring is 1. The van der Waals surface area contributed by atoms with Crippen molar-refractivity contribution in [2.24, 2.45) is 7.05 Å². The van der Waals surface area contributed by atoms with Crippen molar-refractivity contribution in [3.05, 3.63) is 11.3 Å². The van der Waals surface area contributed by atoms with Crippen LogP contribution in [0.15, 0.2) is 0 Å². The van der Waals surface area contributed by atoms with E-state index in [-0.39, 0.29) is 0 Å². The standard InChI is InChI=1S/C10H20N4/c1-5-14(6-2)7-9-8(3)12-13(4)10(9)11/h5-7,11H2,1-4H3. The number of hydrogen-bond donors (Lipinski definition) is 1. The molecule has 0 saturated heterocycles. The van der Waals surface area contributed by atoms with Crippen LogP contribution < -0.4 is 5.73 Å². The second-order valence-electron chi connectivity index (χ2n) is 3.53. The Hall–Kier alpha value is -1.03. The maximum Gasteiger partial charge on any atom is 0.126 e. The Morgan fingerprint density at radius 2 is 1.93 bits per heavy atom. The Balaban J connectivity index is 2.84. The van der Waals surface area contributed by atoms with Crippen molar-refractivity contribution in [3.8, 4) is 0 Å². The molecule has 0 saturated carbocycles. The molecular formula is C10H20N4. The van der Waals surface area contributed by atoms with Crippen LogP contribution in [0.25, 0.3) is 0 Å². The van der Waals surface area contributed by atoms with Crippen molar-refractivity contribution >= 4 is 5.82 Å². The normalized spacial score (nSPS) is 11.2. The molecule has 1 aromatic heterocycles. The van der Waals surface area contributed by atoms with Crippen LogP contribution in [0, 0.1) is 6.92 Å². The van der Waals surface area contributed by atoms with E-state index < -0.39 is 0 Å². The molecule has 0 aromatic carbocycles. The van der Waals surface area contributed by atoms with E-state index in [0.29, 0.717) is 0 Å². The Labute approximate surface area is 85.7 Å². The van der Waals surface area contributed by atoms with Crippen molar-refractivity contribution in [2.45, 2.75) is 27.3 Å². The predicted octanol–water partition coefficient (Wildman–Crippen LogP) is 1.15. The van der Waals surface area contributed by atoms with E-state index in [1.165, 1.54) is 0 Å². The minimum absolute atomic E-state index is 0.786. The lowest BCUT2D eigenvalue weighted by Gasteiger charge is -2.17.